The molecule has 7 heteroatoms. The van der Waals surface area contributed by atoms with Gasteiger partial charge in [-0.05, 0) is 20.3 Å². The molecule has 0 fully saturated rings. The number of hydrogen-bond acceptors (Lipinski definition) is 3. The molecule has 0 aliphatic rings. The van der Waals surface area contributed by atoms with E-state index in [0.29, 0.717) is 12.8 Å². The third kappa shape index (κ3) is 5.47. The van der Waals surface area contributed by atoms with E-state index in [1.807, 2.05) is 6.92 Å². The van der Waals surface area contributed by atoms with Crippen molar-refractivity contribution in [2.24, 2.45) is 5.92 Å². The summed E-state index contributed by atoms with van der Waals surface area (Å²) < 4.78 is 27.0. The highest BCUT2D eigenvalue weighted by atomic mass is 32.2. The molecule has 0 rings (SSSR count). The van der Waals surface area contributed by atoms with Crippen molar-refractivity contribution < 1.29 is 18.3 Å². The molecule has 6 nitrogen and oxygen atoms in total. The molecule has 0 aromatic rings. The van der Waals surface area contributed by atoms with E-state index >= 15 is 0 Å². The molecule has 0 amide bonds. The quantitative estimate of drug-likeness (QED) is 0.675. The van der Waals surface area contributed by atoms with Gasteiger partial charge < -0.3 is 5.11 Å². The summed E-state index contributed by atoms with van der Waals surface area (Å²) in [5.74, 6) is -1.64. The maximum Gasteiger partial charge on any atom is 0.307 e. The van der Waals surface area contributed by atoms with Crippen molar-refractivity contribution >= 4 is 16.2 Å². The van der Waals surface area contributed by atoms with E-state index in [2.05, 4.69) is 4.72 Å². The van der Waals surface area contributed by atoms with Gasteiger partial charge in [0.15, 0.2) is 0 Å². The zero-order chi connectivity index (χ0) is 13.6. The molecule has 1 unspecified atom stereocenters. The molecular weight excluding hydrogens is 244 g/mol. The maximum absolute atomic E-state index is 11.7. The van der Waals surface area contributed by atoms with Gasteiger partial charge in [0, 0.05) is 19.6 Å². The summed E-state index contributed by atoms with van der Waals surface area (Å²) in [6, 6.07) is -0.165. The van der Waals surface area contributed by atoms with Crippen LogP contribution in [0.5, 0.6) is 0 Å². The fourth-order valence-corrected chi connectivity index (χ4v) is 2.42. The van der Waals surface area contributed by atoms with Crippen LogP contribution < -0.4 is 4.72 Å². The van der Waals surface area contributed by atoms with E-state index in [1.165, 1.54) is 11.4 Å². The Balaban J connectivity index is 4.48. The zero-order valence-corrected chi connectivity index (χ0v) is 11.6. The van der Waals surface area contributed by atoms with E-state index in [9.17, 15) is 13.2 Å². The lowest BCUT2D eigenvalue weighted by molar-refractivity contribution is -0.141. The average molecular weight is 266 g/mol. The summed E-state index contributed by atoms with van der Waals surface area (Å²) in [5.41, 5.74) is 0. The van der Waals surface area contributed by atoms with Gasteiger partial charge in [-0.25, -0.2) is 4.72 Å². The van der Waals surface area contributed by atoms with Crippen molar-refractivity contribution in [1.29, 1.82) is 0 Å². The Labute approximate surface area is 103 Å². The number of rotatable bonds is 8. The third-order valence-electron chi connectivity index (χ3n) is 2.60. The SMILES string of the molecule is CCCC(CNS(=O)(=O)N(C)C(C)C)C(=O)O. The van der Waals surface area contributed by atoms with Crippen LogP contribution in [0.25, 0.3) is 0 Å². The van der Waals surface area contributed by atoms with E-state index in [1.54, 1.807) is 13.8 Å². The van der Waals surface area contributed by atoms with Gasteiger partial charge in [0.2, 0.25) is 0 Å². The number of hydrogen-bond donors (Lipinski definition) is 2. The molecule has 2 N–H and O–H groups in total. The molecule has 0 aliphatic heterocycles. The van der Waals surface area contributed by atoms with Crippen molar-refractivity contribution in [2.45, 2.75) is 39.7 Å². The lowest BCUT2D eigenvalue weighted by atomic mass is 10.1. The van der Waals surface area contributed by atoms with Gasteiger partial charge >= 0.3 is 5.97 Å². The monoisotopic (exact) mass is 266 g/mol. The van der Waals surface area contributed by atoms with Crippen LogP contribution in [0.3, 0.4) is 0 Å². The summed E-state index contributed by atoms with van der Waals surface area (Å²) in [4.78, 5) is 10.9. The maximum atomic E-state index is 11.7. The minimum absolute atomic E-state index is 0.0669. The third-order valence-corrected chi connectivity index (χ3v) is 4.32. The van der Waals surface area contributed by atoms with Crippen molar-refractivity contribution in [2.75, 3.05) is 13.6 Å². The normalized spacial score (nSPS) is 14.2. The van der Waals surface area contributed by atoms with E-state index in [4.69, 9.17) is 5.11 Å². The largest absolute Gasteiger partial charge is 0.481 e. The Morgan fingerprint density at radius 1 is 1.41 bits per heavy atom. The summed E-state index contributed by atoms with van der Waals surface area (Å²) >= 11 is 0. The molecule has 0 aliphatic carbocycles. The van der Waals surface area contributed by atoms with E-state index < -0.39 is 22.1 Å². The molecule has 0 spiro atoms. The van der Waals surface area contributed by atoms with Gasteiger partial charge in [-0.1, -0.05) is 13.3 Å². The van der Waals surface area contributed by atoms with Crippen molar-refractivity contribution in [3.63, 3.8) is 0 Å². The number of nitrogens with one attached hydrogen (secondary N) is 1. The van der Waals surface area contributed by atoms with Crippen molar-refractivity contribution in [3.8, 4) is 0 Å². The van der Waals surface area contributed by atoms with Crippen LogP contribution in [0.4, 0.5) is 0 Å². The number of carboxylic acid groups (broad SMARTS) is 1. The first-order valence-corrected chi connectivity index (χ1v) is 7.11. The number of nitrogens with zero attached hydrogens (tertiary/aromatic N) is 1. The average Bonchev–Trinajstić information content (AvgIpc) is 2.22. The Kier molecular flexibility index (Phi) is 6.66. The Morgan fingerprint density at radius 2 is 1.94 bits per heavy atom. The Hall–Kier alpha value is -0.660. The molecule has 0 bridgehead atoms. The minimum atomic E-state index is -3.59. The second-order valence-corrected chi connectivity index (χ2v) is 6.10. The first-order valence-electron chi connectivity index (χ1n) is 5.67. The summed E-state index contributed by atoms with van der Waals surface area (Å²) in [5, 5.41) is 8.90. The lowest BCUT2D eigenvalue weighted by Gasteiger charge is -2.22. The van der Waals surface area contributed by atoms with Gasteiger partial charge in [0.1, 0.15) is 0 Å². The molecule has 0 radical (unpaired) electrons. The Morgan fingerprint density at radius 3 is 2.29 bits per heavy atom. The minimum Gasteiger partial charge on any atom is -0.481 e. The van der Waals surface area contributed by atoms with Crippen LogP contribution >= 0.6 is 0 Å². The van der Waals surface area contributed by atoms with Gasteiger partial charge in [-0.3, -0.25) is 4.79 Å². The van der Waals surface area contributed by atoms with E-state index in [-0.39, 0.29) is 12.6 Å². The summed E-state index contributed by atoms with van der Waals surface area (Å²) in [7, 11) is -2.13. The van der Waals surface area contributed by atoms with Crippen LogP contribution in [0.2, 0.25) is 0 Å². The van der Waals surface area contributed by atoms with Gasteiger partial charge in [-0.15, -0.1) is 0 Å². The van der Waals surface area contributed by atoms with Crippen LogP contribution in [0, 0.1) is 5.92 Å². The molecule has 0 heterocycles. The first kappa shape index (κ1) is 16.3. The molecule has 0 saturated heterocycles. The van der Waals surface area contributed by atoms with Gasteiger partial charge in [0.25, 0.3) is 10.2 Å². The second-order valence-electron chi connectivity index (χ2n) is 4.29. The zero-order valence-electron chi connectivity index (χ0n) is 10.8. The topological polar surface area (TPSA) is 86.7 Å². The number of carbonyl (C=O) groups is 1. The first-order chi connectivity index (χ1) is 7.72. The highest BCUT2D eigenvalue weighted by Crippen LogP contribution is 2.07. The van der Waals surface area contributed by atoms with Crippen molar-refractivity contribution in [3.05, 3.63) is 0 Å². The van der Waals surface area contributed by atoms with Crippen LogP contribution in [-0.4, -0.2) is 43.4 Å². The highest BCUT2D eigenvalue weighted by molar-refractivity contribution is 7.87. The highest BCUT2D eigenvalue weighted by Gasteiger charge is 2.23. The van der Waals surface area contributed by atoms with Gasteiger partial charge in [0.05, 0.1) is 5.92 Å². The molecular formula is C10H22N2O4S. The molecule has 1 atom stereocenters. The van der Waals surface area contributed by atoms with Crippen molar-refractivity contribution in [1.82, 2.24) is 9.03 Å². The molecule has 0 aromatic carbocycles. The van der Waals surface area contributed by atoms with E-state index in [0.717, 1.165) is 0 Å². The number of carboxylic acids is 1. The molecule has 17 heavy (non-hydrogen) atoms. The molecule has 0 aromatic heterocycles. The second kappa shape index (κ2) is 6.93. The van der Waals surface area contributed by atoms with Crippen LogP contribution in [-0.2, 0) is 15.0 Å². The summed E-state index contributed by atoms with van der Waals surface area (Å²) in [6.07, 6.45) is 1.17. The summed E-state index contributed by atoms with van der Waals surface area (Å²) in [6.45, 7) is 5.30. The smallest absolute Gasteiger partial charge is 0.307 e. The van der Waals surface area contributed by atoms with Crippen LogP contribution in [0.1, 0.15) is 33.6 Å². The lowest BCUT2D eigenvalue weighted by Crippen LogP contribution is -2.44. The van der Waals surface area contributed by atoms with Crippen LogP contribution in [0.15, 0.2) is 0 Å². The predicted octanol–water partition coefficient (Wildman–Crippen LogP) is 0.662. The predicted molar refractivity (Wildman–Crippen MR) is 65.9 cm³/mol. The fraction of sp³-hybridized carbons (Fsp3) is 0.900. The molecule has 0 saturated carbocycles. The van der Waals surface area contributed by atoms with Gasteiger partial charge in [-0.2, -0.15) is 12.7 Å². The molecule has 102 valence electrons. The fourth-order valence-electron chi connectivity index (χ4n) is 1.25. The Bertz CT molecular complexity index is 340. The number of aliphatic carboxylic acids is 1. The standard InChI is InChI=1S/C10H22N2O4S/c1-5-6-9(10(13)14)7-11-17(15,16)12(4)8(2)3/h8-9,11H,5-7H2,1-4H3,(H,13,14).